The van der Waals surface area contributed by atoms with Gasteiger partial charge in [-0.1, -0.05) is 38.1 Å². The highest BCUT2D eigenvalue weighted by atomic mass is 19.1. The van der Waals surface area contributed by atoms with E-state index in [0.29, 0.717) is 31.1 Å². The molecule has 6 heteroatoms. The lowest BCUT2D eigenvalue weighted by Crippen LogP contribution is -2.32. The van der Waals surface area contributed by atoms with Crippen LogP contribution in [0.25, 0.3) is 5.69 Å². The van der Waals surface area contributed by atoms with Crippen LogP contribution >= 0.6 is 0 Å². The van der Waals surface area contributed by atoms with Gasteiger partial charge in [-0.05, 0) is 50.6 Å². The highest BCUT2D eigenvalue weighted by Gasteiger charge is 2.22. The van der Waals surface area contributed by atoms with E-state index < -0.39 is 0 Å². The second kappa shape index (κ2) is 10.4. The summed E-state index contributed by atoms with van der Waals surface area (Å²) in [5, 5.41) is 14.9. The third kappa shape index (κ3) is 5.46. The molecule has 0 saturated carbocycles. The van der Waals surface area contributed by atoms with Gasteiger partial charge >= 0.3 is 0 Å². The molecule has 0 bridgehead atoms. The van der Waals surface area contributed by atoms with Crippen molar-refractivity contribution in [3.63, 3.8) is 0 Å². The molecule has 160 valence electrons. The Labute approximate surface area is 177 Å². The minimum Gasteiger partial charge on any atom is -0.438 e. The molecule has 30 heavy (non-hydrogen) atoms. The number of benzene rings is 2. The van der Waals surface area contributed by atoms with Crippen LogP contribution < -0.4 is 4.74 Å². The number of aryl methyl sites for hydroxylation is 1. The molecule has 1 heterocycles. The zero-order valence-corrected chi connectivity index (χ0v) is 17.9. The number of nitrogens with zero attached hydrogens (tertiary/aromatic N) is 3. The Kier molecular flexibility index (Phi) is 7.60. The predicted octanol–water partition coefficient (Wildman–Crippen LogP) is 5.10. The van der Waals surface area contributed by atoms with Crippen molar-refractivity contribution in [1.29, 1.82) is 0 Å². The van der Waals surface area contributed by atoms with Crippen LogP contribution in [0, 0.1) is 12.7 Å². The number of aliphatic hydroxyl groups excluding tert-OH is 1. The van der Waals surface area contributed by atoms with Crippen molar-refractivity contribution in [3.8, 4) is 17.3 Å². The van der Waals surface area contributed by atoms with Crippen molar-refractivity contribution in [3.05, 3.63) is 71.7 Å². The minimum atomic E-state index is -0.381. The number of hydrogen-bond donors (Lipinski definition) is 1. The number of hydrogen-bond acceptors (Lipinski definition) is 4. The van der Waals surface area contributed by atoms with E-state index >= 15 is 0 Å². The average molecular weight is 412 g/mol. The first-order valence-electron chi connectivity index (χ1n) is 10.5. The van der Waals surface area contributed by atoms with Gasteiger partial charge in [0, 0.05) is 19.2 Å². The van der Waals surface area contributed by atoms with E-state index in [0.717, 1.165) is 29.9 Å². The van der Waals surface area contributed by atoms with Crippen molar-refractivity contribution in [2.24, 2.45) is 0 Å². The third-order valence-electron chi connectivity index (χ3n) is 5.01. The number of para-hydroxylation sites is 1. The summed E-state index contributed by atoms with van der Waals surface area (Å²) in [5.41, 5.74) is 2.64. The first kappa shape index (κ1) is 22.0. The first-order chi connectivity index (χ1) is 14.5. The molecular formula is C24H30FN3O2. The lowest BCUT2D eigenvalue weighted by Gasteiger charge is -2.24. The molecule has 0 aliphatic carbocycles. The molecule has 0 unspecified atom stereocenters. The zero-order valence-electron chi connectivity index (χ0n) is 17.9. The Morgan fingerprint density at radius 3 is 2.57 bits per heavy atom. The van der Waals surface area contributed by atoms with E-state index in [9.17, 15) is 9.50 Å². The maximum Gasteiger partial charge on any atom is 0.227 e. The molecule has 0 radical (unpaired) electrons. The van der Waals surface area contributed by atoms with Gasteiger partial charge in [0.15, 0.2) is 0 Å². The molecule has 0 amide bonds. The number of aliphatic hydroxyl groups is 1. The zero-order chi connectivity index (χ0) is 21.5. The molecule has 2 aromatic carbocycles. The summed E-state index contributed by atoms with van der Waals surface area (Å²) < 4.78 is 21.7. The first-order valence-corrected chi connectivity index (χ1v) is 10.5. The molecule has 0 spiro atoms. The van der Waals surface area contributed by atoms with Crippen LogP contribution in [-0.2, 0) is 6.54 Å². The van der Waals surface area contributed by atoms with Gasteiger partial charge in [0.25, 0.3) is 0 Å². The van der Waals surface area contributed by atoms with E-state index in [-0.39, 0.29) is 11.9 Å². The molecule has 5 nitrogen and oxygen atoms in total. The maximum atomic E-state index is 13.8. The fourth-order valence-electron chi connectivity index (χ4n) is 3.41. The number of rotatable bonds is 10. The van der Waals surface area contributed by atoms with Gasteiger partial charge in [-0.3, -0.25) is 4.90 Å². The lowest BCUT2D eigenvalue weighted by molar-refractivity contribution is 0.105. The van der Waals surface area contributed by atoms with Crippen LogP contribution in [0.3, 0.4) is 0 Å². The normalized spacial score (nSPS) is 12.3. The Balaban J connectivity index is 2.01. The van der Waals surface area contributed by atoms with Crippen molar-refractivity contribution in [2.45, 2.75) is 46.3 Å². The van der Waals surface area contributed by atoms with Crippen molar-refractivity contribution in [1.82, 2.24) is 14.7 Å². The minimum absolute atomic E-state index is 0.352. The number of halogens is 1. The molecule has 3 aromatic rings. The highest BCUT2D eigenvalue weighted by Crippen LogP contribution is 2.32. The van der Waals surface area contributed by atoms with Crippen LogP contribution in [0.15, 0.2) is 54.6 Å². The summed E-state index contributed by atoms with van der Waals surface area (Å²) in [6, 6.07) is 15.9. The summed E-state index contributed by atoms with van der Waals surface area (Å²) >= 11 is 0. The topological polar surface area (TPSA) is 50.5 Å². The quantitative estimate of drug-likeness (QED) is 0.505. The van der Waals surface area contributed by atoms with Gasteiger partial charge in [0.2, 0.25) is 5.88 Å². The SMILES string of the molecule is CCCN(Cc1c(C)nn(-c2ccccc2)c1Oc1cccc(F)c1)C[C@H](O)CC. The molecule has 0 aliphatic heterocycles. The van der Waals surface area contributed by atoms with Gasteiger partial charge in [0.05, 0.1) is 23.0 Å². The summed E-state index contributed by atoms with van der Waals surface area (Å²) in [5.74, 6) is 0.635. The fraction of sp³-hybridized carbons (Fsp3) is 0.375. The third-order valence-corrected chi connectivity index (χ3v) is 5.01. The molecule has 0 saturated heterocycles. The molecule has 0 fully saturated rings. The molecule has 0 aliphatic rings. The smallest absolute Gasteiger partial charge is 0.227 e. The van der Waals surface area contributed by atoms with Crippen molar-refractivity contribution >= 4 is 0 Å². The summed E-state index contributed by atoms with van der Waals surface area (Å²) in [7, 11) is 0. The summed E-state index contributed by atoms with van der Waals surface area (Å²) in [4.78, 5) is 2.21. The van der Waals surface area contributed by atoms with Crippen LogP contribution in [0.4, 0.5) is 4.39 Å². The van der Waals surface area contributed by atoms with Crippen LogP contribution in [0.5, 0.6) is 11.6 Å². The highest BCUT2D eigenvalue weighted by molar-refractivity contribution is 5.43. The Bertz CT molecular complexity index is 943. The van der Waals surface area contributed by atoms with Crippen LogP contribution in [-0.4, -0.2) is 39.0 Å². The van der Waals surface area contributed by atoms with Gasteiger partial charge < -0.3 is 9.84 Å². The lowest BCUT2D eigenvalue weighted by atomic mass is 10.2. The van der Waals surface area contributed by atoms with E-state index in [1.807, 2.05) is 44.2 Å². The summed E-state index contributed by atoms with van der Waals surface area (Å²) in [6.45, 7) is 8.08. The second-order valence-corrected chi connectivity index (χ2v) is 7.47. The van der Waals surface area contributed by atoms with Gasteiger partial charge in [-0.15, -0.1) is 0 Å². The van der Waals surface area contributed by atoms with Crippen molar-refractivity contribution < 1.29 is 14.2 Å². The number of aromatic nitrogens is 2. The van der Waals surface area contributed by atoms with Gasteiger partial charge in [-0.25, -0.2) is 9.07 Å². The molecule has 3 rings (SSSR count). The average Bonchev–Trinajstić information content (AvgIpc) is 3.04. The molecular weight excluding hydrogens is 381 g/mol. The fourth-order valence-corrected chi connectivity index (χ4v) is 3.41. The van der Waals surface area contributed by atoms with E-state index in [2.05, 4.69) is 11.8 Å². The number of ether oxygens (including phenoxy) is 1. The van der Waals surface area contributed by atoms with Crippen LogP contribution in [0.1, 0.15) is 37.9 Å². The largest absolute Gasteiger partial charge is 0.438 e. The Morgan fingerprint density at radius 2 is 1.90 bits per heavy atom. The molecule has 1 atom stereocenters. The predicted molar refractivity (Wildman–Crippen MR) is 117 cm³/mol. The second-order valence-electron chi connectivity index (χ2n) is 7.47. The Hall–Kier alpha value is -2.70. The summed E-state index contributed by atoms with van der Waals surface area (Å²) in [6.07, 6.45) is 1.30. The maximum absolute atomic E-state index is 13.8. The molecule has 1 aromatic heterocycles. The molecule has 1 N–H and O–H groups in total. The van der Waals surface area contributed by atoms with Crippen LogP contribution in [0.2, 0.25) is 0 Å². The Morgan fingerprint density at radius 1 is 1.13 bits per heavy atom. The monoisotopic (exact) mass is 411 g/mol. The standard InChI is InChI=1S/C24H30FN3O2/c1-4-14-27(16-21(29)5-2)17-23-18(3)26-28(20-11-7-6-8-12-20)24(23)30-22-13-9-10-19(25)15-22/h6-13,15,21,29H,4-5,14,16-17H2,1-3H3/t21-/m1/s1. The van der Waals surface area contributed by atoms with E-state index in [4.69, 9.17) is 9.84 Å². The van der Waals surface area contributed by atoms with E-state index in [1.54, 1.807) is 16.8 Å². The van der Waals surface area contributed by atoms with Crippen molar-refractivity contribution in [2.75, 3.05) is 13.1 Å². The van der Waals surface area contributed by atoms with E-state index in [1.165, 1.54) is 12.1 Å². The van der Waals surface area contributed by atoms with Gasteiger partial charge in [0.1, 0.15) is 11.6 Å². The van der Waals surface area contributed by atoms with Gasteiger partial charge in [-0.2, -0.15) is 5.10 Å².